The molecule has 0 saturated carbocycles. The molecule has 0 saturated heterocycles. The lowest BCUT2D eigenvalue weighted by molar-refractivity contribution is 0.297. The molecular formula is C19H12Cl2N7O3-. The fraction of sp³-hybridized carbons (Fsp3) is 0.0526. The van der Waals surface area contributed by atoms with E-state index >= 15 is 0 Å². The fourth-order valence-electron chi connectivity index (χ4n) is 3.29. The summed E-state index contributed by atoms with van der Waals surface area (Å²) in [5.41, 5.74) is 2.46. The van der Waals surface area contributed by atoms with Gasteiger partial charge in [-0.1, -0.05) is 34.4 Å². The predicted molar refractivity (Wildman–Crippen MR) is 116 cm³/mol. The van der Waals surface area contributed by atoms with Crippen LogP contribution in [0.1, 0.15) is 5.89 Å². The number of benzene rings is 2. The van der Waals surface area contributed by atoms with Gasteiger partial charge in [-0.2, -0.15) is 4.98 Å². The normalized spacial score (nSPS) is 11.4. The van der Waals surface area contributed by atoms with Gasteiger partial charge in [-0.05, 0) is 24.3 Å². The number of nitrogens with one attached hydrogen (secondary N) is 1. The Morgan fingerprint density at radius 2 is 1.97 bits per heavy atom. The molecule has 12 heteroatoms. The van der Waals surface area contributed by atoms with Crippen LogP contribution in [0.4, 0.5) is 17.2 Å². The van der Waals surface area contributed by atoms with Crippen molar-refractivity contribution in [3.05, 3.63) is 64.0 Å². The summed E-state index contributed by atoms with van der Waals surface area (Å²) in [5, 5.41) is 28.5. The van der Waals surface area contributed by atoms with E-state index in [1.807, 2.05) is 0 Å². The van der Waals surface area contributed by atoms with Crippen molar-refractivity contribution in [1.82, 2.24) is 24.5 Å². The largest absolute Gasteiger partial charge is 0.733 e. The molecule has 0 aliphatic carbocycles. The molecule has 31 heavy (non-hydrogen) atoms. The molecular weight excluding hydrogens is 445 g/mol. The highest BCUT2D eigenvalue weighted by Gasteiger charge is 2.17. The van der Waals surface area contributed by atoms with Crippen LogP contribution < -0.4 is 10.5 Å². The molecule has 0 aliphatic rings. The van der Waals surface area contributed by atoms with Gasteiger partial charge in [0.2, 0.25) is 11.7 Å². The van der Waals surface area contributed by atoms with Crippen LogP contribution in [0, 0.1) is 12.1 Å². The van der Waals surface area contributed by atoms with Crippen LogP contribution in [-0.4, -0.2) is 29.7 Å². The highest BCUT2D eigenvalue weighted by atomic mass is 35.5. The molecule has 3 aromatic heterocycles. The van der Waals surface area contributed by atoms with E-state index in [0.717, 1.165) is 0 Å². The van der Waals surface area contributed by atoms with Gasteiger partial charge in [0.1, 0.15) is 5.52 Å². The van der Waals surface area contributed by atoms with Crippen LogP contribution in [0.25, 0.3) is 27.9 Å². The van der Waals surface area contributed by atoms with E-state index in [0.29, 0.717) is 55.4 Å². The molecule has 2 N–H and O–H groups in total. The van der Waals surface area contributed by atoms with E-state index in [1.165, 1.54) is 12.4 Å². The number of anilines is 3. The number of halogens is 2. The van der Waals surface area contributed by atoms with Crippen LogP contribution in [0.2, 0.25) is 10.0 Å². The smallest absolute Gasteiger partial charge is 0.223 e. The van der Waals surface area contributed by atoms with Crippen molar-refractivity contribution in [2.24, 2.45) is 0 Å². The second-order valence-electron chi connectivity index (χ2n) is 6.60. The summed E-state index contributed by atoms with van der Waals surface area (Å²) >= 11 is 13.0. The maximum atomic E-state index is 11.6. The molecule has 0 amide bonds. The number of nitrogens with zero attached hydrogens (tertiary/aromatic N) is 6. The van der Waals surface area contributed by atoms with E-state index in [4.69, 9.17) is 27.7 Å². The molecule has 0 atom stereocenters. The number of para-hydroxylation sites is 1. The van der Waals surface area contributed by atoms with E-state index in [2.05, 4.69) is 25.4 Å². The van der Waals surface area contributed by atoms with Gasteiger partial charge >= 0.3 is 0 Å². The van der Waals surface area contributed by atoms with Crippen molar-refractivity contribution in [2.75, 3.05) is 10.5 Å². The van der Waals surface area contributed by atoms with Gasteiger partial charge in [-0.3, -0.25) is 9.61 Å². The van der Waals surface area contributed by atoms with Gasteiger partial charge in [-0.15, -0.1) is 0 Å². The average molecular weight is 457 g/mol. The zero-order valence-electron chi connectivity index (χ0n) is 15.7. The van der Waals surface area contributed by atoms with Gasteiger partial charge in [-0.25, -0.2) is 9.97 Å². The third-order valence-electron chi connectivity index (χ3n) is 4.63. The van der Waals surface area contributed by atoms with Crippen molar-refractivity contribution in [3.8, 4) is 11.4 Å². The Balaban J connectivity index is 1.63. The molecule has 0 radical (unpaired) electrons. The fourth-order valence-corrected chi connectivity index (χ4v) is 3.87. The first-order valence-corrected chi connectivity index (χ1v) is 9.65. The Morgan fingerprint density at radius 1 is 1.19 bits per heavy atom. The first kappa shape index (κ1) is 19.5. The van der Waals surface area contributed by atoms with Crippen molar-refractivity contribution in [3.63, 3.8) is 0 Å². The third kappa shape index (κ3) is 3.31. The summed E-state index contributed by atoms with van der Waals surface area (Å²) in [5.74, 6) is 1.20. The minimum atomic E-state index is -0.206. The highest BCUT2D eigenvalue weighted by Crippen LogP contribution is 2.38. The van der Waals surface area contributed by atoms with Gasteiger partial charge in [0, 0.05) is 12.5 Å². The van der Waals surface area contributed by atoms with Crippen LogP contribution in [0.5, 0.6) is 0 Å². The minimum absolute atomic E-state index is 0.0374. The summed E-state index contributed by atoms with van der Waals surface area (Å²) in [6, 6.07) is 8.12. The third-order valence-corrected chi connectivity index (χ3v) is 5.22. The predicted octanol–water partition coefficient (Wildman–Crippen LogP) is 4.98. The molecule has 0 fully saturated rings. The first-order chi connectivity index (χ1) is 14.9. The van der Waals surface area contributed by atoms with Gasteiger partial charge in [0.25, 0.3) is 0 Å². The highest BCUT2D eigenvalue weighted by molar-refractivity contribution is 6.39. The molecule has 10 nitrogen and oxygen atoms in total. The molecule has 0 spiro atoms. The van der Waals surface area contributed by atoms with Crippen molar-refractivity contribution in [1.29, 1.82) is 0 Å². The molecule has 0 bridgehead atoms. The maximum absolute atomic E-state index is 11.6. The lowest BCUT2D eigenvalue weighted by Gasteiger charge is -2.23. The Bertz CT molecular complexity index is 1420. The van der Waals surface area contributed by atoms with Crippen LogP contribution in [-0.2, 0) is 0 Å². The number of hydrogen-bond donors (Lipinski definition) is 2. The van der Waals surface area contributed by atoms with Crippen LogP contribution >= 0.6 is 23.2 Å². The average Bonchev–Trinajstić information content (AvgIpc) is 3.39. The lowest BCUT2D eigenvalue weighted by Crippen LogP contribution is -2.10. The van der Waals surface area contributed by atoms with Crippen LogP contribution in [0.3, 0.4) is 0 Å². The Kier molecular flexibility index (Phi) is 4.63. The van der Waals surface area contributed by atoms with Crippen molar-refractivity contribution < 1.29 is 9.73 Å². The van der Waals surface area contributed by atoms with E-state index in [-0.39, 0.29) is 10.9 Å². The second kappa shape index (κ2) is 7.36. The van der Waals surface area contributed by atoms with E-state index in [9.17, 15) is 10.4 Å². The minimum Gasteiger partial charge on any atom is -0.733 e. The molecule has 3 heterocycles. The number of hydrogen-bond acceptors (Lipinski definition) is 9. The van der Waals surface area contributed by atoms with E-state index < -0.39 is 0 Å². The van der Waals surface area contributed by atoms with Crippen molar-refractivity contribution >= 4 is 56.9 Å². The number of aryl methyl sites for hydroxylation is 1. The zero-order valence-corrected chi connectivity index (χ0v) is 17.3. The van der Waals surface area contributed by atoms with Gasteiger partial charge < -0.3 is 20.3 Å². The molecule has 156 valence electrons. The van der Waals surface area contributed by atoms with Crippen LogP contribution in [0.15, 0.2) is 47.4 Å². The maximum Gasteiger partial charge on any atom is 0.223 e. The summed E-state index contributed by atoms with van der Waals surface area (Å²) in [6.07, 6.45) is 3.08. The van der Waals surface area contributed by atoms with E-state index in [1.54, 1.807) is 41.8 Å². The number of aromatic nitrogens is 5. The SMILES string of the molecule is Cc1nc(-c2cc(Cl)c(Nc3nc4cccc(N([O-])O)c4n4cncc34)c(Cl)c2)no1. The molecule has 0 aliphatic heterocycles. The van der Waals surface area contributed by atoms with Gasteiger partial charge in [0.15, 0.2) is 5.82 Å². The van der Waals surface area contributed by atoms with Crippen molar-refractivity contribution in [2.45, 2.75) is 6.92 Å². The Hall–Kier alpha value is -3.44. The number of rotatable bonds is 4. The molecule has 2 aromatic carbocycles. The summed E-state index contributed by atoms with van der Waals surface area (Å²) in [4.78, 5) is 12.9. The lowest BCUT2D eigenvalue weighted by atomic mass is 10.2. The second-order valence-corrected chi connectivity index (χ2v) is 7.42. The molecule has 5 rings (SSSR count). The summed E-state index contributed by atoms with van der Waals surface area (Å²) in [7, 11) is 0. The number of fused-ring (bicyclic) bond motifs is 3. The zero-order chi connectivity index (χ0) is 21.7. The summed E-state index contributed by atoms with van der Waals surface area (Å²) < 4.78 is 6.64. The summed E-state index contributed by atoms with van der Waals surface area (Å²) in [6.45, 7) is 1.69. The Labute approximate surface area is 184 Å². The standard InChI is InChI=1S/C19H12Cl2N7O3/c1-9-23-18(26-31-9)10-5-11(20)16(12(21)6-10)25-19-15-7-22-8-27(15)17-13(24-19)3-2-4-14(17)28(29)30/h2-8,29H,1H3,(H,24,25)/q-1. The monoisotopic (exact) mass is 456 g/mol. The molecule has 0 unspecified atom stereocenters. The first-order valence-electron chi connectivity index (χ1n) is 8.90. The quantitative estimate of drug-likeness (QED) is 0.359. The van der Waals surface area contributed by atoms with Gasteiger partial charge in [0.05, 0.1) is 45.0 Å². The topological polar surface area (TPSA) is 128 Å². The molecule has 5 aromatic rings. The number of imidazole rings is 1. The Morgan fingerprint density at radius 3 is 2.65 bits per heavy atom.